The summed E-state index contributed by atoms with van der Waals surface area (Å²) in [6.45, 7) is 8.02. The van der Waals surface area contributed by atoms with Crippen LogP contribution in [0.1, 0.15) is 40.0 Å². The summed E-state index contributed by atoms with van der Waals surface area (Å²) in [5.74, 6) is 0.0660. The molecule has 1 fully saturated rings. The lowest BCUT2D eigenvalue weighted by molar-refractivity contribution is -0.138. The first-order valence-electron chi connectivity index (χ1n) is 6.53. The van der Waals surface area contributed by atoms with Crippen molar-refractivity contribution in [1.29, 1.82) is 5.26 Å². The summed E-state index contributed by atoms with van der Waals surface area (Å²) in [5.41, 5.74) is -0.370. The van der Waals surface area contributed by atoms with Crippen molar-refractivity contribution in [3.63, 3.8) is 0 Å². The highest BCUT2D eigenvalue weighted by Gasteiger charge is 2.41. The Morgan fingerprint density at radius 2 is 2.29 bits per heavy atom. The molecular formula is C13H23N3O. The molecule has 1 rings (SSSR count). The van der Waals surface area contributed by atoms with Crippen molar-refractivity contribution in [3.8, 4) is 6.07 Å². The highest BCUT2D eigenvalue weighted by atomic mass is 16.2. The molecule has 4 heteroatoms. The summed E-state index contributed by atoms with van der Waals surface area (Å²) in [7, 11) is 0. The first kappa shape index (κ1) is 14.0. The molecule has 0 aromatic rings. The highest BCUT2D eigenvalue weighted by Crippen LogP contribution is 2.25. The lowest BCUT2D eigenvalue weighted by atomic mass is 9.92. The average Bonchev–Trinajstić information content (AvgIpc) is 2.84. The minimum absolute atomic E-state index is 0.103. The molecule has 2 atom stereocenters. The Balaban J connectivity index is 2.74. The van der Waals surface area contributed by atoms with Gasteiger partial charge in [0.15, 0.2) is 0 Å². The minimum Gasteiger partial charge on any atom is -0.340 e. The Kier molecular flexibility index (Phi) is 4.95. The monoisotopic (exact) mass is 237 g/mol. The van der Waals surface area contributed by atoms with Crippen LogP contribution in [-0.4, -0.2) is 36.0 Å². The molecule has 1 aliphatic heterocycles. The highest BCUT2D eigenvalue weighted by molar-refractivity contribution is 5.86. The molecule has 1 saturated heterocycles. The summed E-state index contributed by atoms with van der Waals surface area (Å²) >= 11 is 0. The van der Waals surface area contributed by atoms with Crippen molar-refractivity contribution in [2.75, 3.05) is 19.6 Å². The zero-order valence-corrected chi connectivity index (χ0v) is 11.1. The maximum Gasteiger partial charge on any atom is 0.242 e. The van der Waals surface area contributed by atoms with Crippen molar-refractivity contribution in [1.82, 2.24) is 10.2 Å². The number of nitrogens with one attached hydrogen (secondary N) is 1. The predicted octanol–water partition coefficient (Wildman–Crippen LogP) is 1.53. The number of carbonyl (C=O) groups excluding carboxylic acids is 1. The number of amides is 1. The maximum atomic E-state index is 12.5. The van der Waals surface area contributed by atoms with Gasteiger partial charge >= 0.3 is 0 Å². The Hall–Kier alpha value is -1.08. The molecule has 0 spiro atoms. The third-order valence-electron chi connectivity index (χ3n) is 3.64. The van der Waals surface area contributed by atoms with Gasteiger partial charge in [-0.1, -0.05) is 6.92 Å². The minimum atomic E-state index is -0.370. The van der Waals surface area contributed by atoms with E-state index >= 15 is 0 Å². The first-order chi connectivity index (χ1) is 8.09. The third-order valence-corrected chi connectivity index (χ3v) is 3.64. The molecule has 1 heterocycles. The average molecular weight is 237 g/mol. The predicted molar refractivity (Wildman–Crippen MR) is 67.3 cm³/mol. The molecule has 2 unspecified atom stereocenters. The zero-order valence-electron chi connectivity index (χ0n) is 11.1. The number of nitrogens with zero attached hydrogens (tertiary/aromatic N) is 2. The van der Waals surface area contributed by atoms with E-state index < -0.39 is 0 Å². The molecule has 96 valence electrons. The molecule has 0 aromatic heterocycles. The lowest BCUT2D eigenvalue weighted by Gasteiger charge is -2.34. The Morgan fingerprint density at radius 3 is 2.71 bits per heavy atom. The SMILES string of the molecule is CCN(CC(C)C#N)C(=O)C1(CC)CCCN1. The normalized spacial score (nSPS) is 25.3. The van der Waals surface area contributed by atoms with E-state index in [1.807, 2.05) is 18.7 Å². The van der Waals surface area contributed by atoms with Gasteiger partial charge in [0.05, 0.1) is 17.5 Å². The van der Waals surface area contributed by atoms with E-state index in [-0.39, 0.29) is 17.4 Å². The van der Waals surface area contributed by atoms with E-state index in [4.69, 9.17) is 5.26 Å². The topological polar surface area (TPSA) is 56.1 Å². The van der Waals surface area contributed by atoms with E-state index in [1.54, 1.807) is 0 Å². The fourth-order valence-corrected chi connectivity index (χ4v) is 2.47. The van der Waals surface area contributed by atoms with Crippen molar-refractivity contribution in [3.05, 3.63) is 0 Å². The van der Waals surface area contributed by atoms with Gasteiger partial charge in [0.25, 0.3) is 0 Å². The number of nitriles is 1. The number of hydrogen-bond donors (Lipinski definition) is 1. The summed E-state index contributed by atoms with van der Waals surface area (Å²) in [4.78, 5) is 14.4. The zero-order chi connectivity index (χ0) is 12.9. The summed E-state index contributed by atoms with van der Waals surface area (Å²) in [6.07, 6.45) is 2.80. The molecule has 0 saturated carbocycles. The largest absolute Gasteiger partial charge is 0.340 e. The van der Waals surface area contributed by atoms with Crippen molar-refractivity contribution in [2.45, 2.75) is 45.6 Å². The van der Waals surface area contributed by atoms with Gasteiger partial charge in [-0.2, -0.15) is 5.26 Å². The van der Waals surface area contributed by atoms with E-state index in [0.717, 1.165) is 25.8 Å². The van der Waals surface area contributed by atoms with Gasteiger partial charge in [0.2, 0.25) is 5.91 Å². The Morgan fingerprint density at radius 1 is 1.59 bits per heavy atom. The van der Waals surface area contributed by atoms with Crippen LogP contribution in [0.3, 0.4) is 0 Å². The molecule has 4 nitrogen and oxygen atoms in total. The van der Waals surface area contributed by atoms with Gasteiger partial charge in [-0.15, -0.1) is 0 Å². The van der Waals surface area contributed by atoms with Crippen molar-refractivity contribution in [2.24, 2.45) is 5.92 Å². The van der Waals surface area contributed by atoms with Crippen LogP contribution in [0.5, 0.6) is 0 Å². The van der Waals surface area contributed by atoms with Crippen LogP contribution in [0.25, 0.3) is 0 Å². The summed E-state index contributed by atoms with van der Waals surface area (Å²) in [5, 5.41) is 12.2. The van der Waals surface area contributed by atoms with Gasteiger partial charge in [-0.05, 0) is 39.7 Å². The molecule has 1 N–H and O–H groups in total. The van der Waals surface area contributed by atoms with Gasteiger partial charge in [0.1, 0.15) is 0 Å². The van der Waals surface area contributed by atoms with Gasteiger partial charge in [0, 0.05) is 13.1 Å². The second-order valence-electron chi connectivity index (χ2n) is 4.84. The first-order valence-corrected chi connectivity index (χ1v) is 6.53. The van der Waals surface area contributed by atoms with E-state index in [9.17, 15) is 4.79 Å². The van der Waals surface area contributed by atoms with Crippen LogP contribution in [0.2, 0.25) is 0 Å². The van der Waals surface area contributed by atoms with Crippen LogP contribution < -0.4 is 5.32 Å². The number of carbonyl (C=O) groups is 1. The lowest BCUT2D eigenvalue weighted by Crippen LogP contribution is -2.55. The number of likely N-dealkylation sites (N-methyl/N-ethyl adjacent to an activating group) is 1. The molecule has 0 bridgehead atoms. The second kappa shape index (κ2) is 6.02. The summed E-state index contributed by atoms with van der Waals surface area (Å²) < 4.78 is 0. The number of rotatable bonds is 5. The van der Waals surface area contributed by atoms with Crippen LogP contribution in [-0.2, 0) is 4.79 Å². The van der Waals surface area contributed by atoms with Gasteiger partial charge in [-0.25, -0.2) is 0 Å². The van der Waals surface area contributed by atoms with Gasteiger partial charge in [-0.3, -0.25) is 4.79 Å². The summed E-state index contributed by atoms with van der Waals surface area (Å²) in [6, 6.07) is 2.19. The maximum absolute atomic E-state index is 12.5. The standard InChI is InChI=1S/C13H23N3O/c1-4-13(7-6-8-15-13)12(17)16(5-2)10-11(3)9-14/h11,15H,4-8,10H2,1-3H3. The quantitative estimate of drug-likeness (QED) is 0.789. The molecular weight excluding hydrogens is 214 g/mol. The molecule has 1 amide bonds. The molecule has 0 aliphatic carbocycles. The molecule has 0 radical (unpaired) electrons. The van der Waals surface area contributed by atoms with Crippen LogP contribution in [0.15, 0.2) is 0 Å². The van der Waals surface area contributed by atoms with Crippen LogP contribution in [0.4, 0.5) is 0 Å². The van der Waals surface area contributed by atoms with Crippen molar-refractivity contribution >= 4 is 5.91 Å². The fourth-order valence-electron chi connectivity index (χ4n) is 2.47. The van der Waals surface area contributed by atoms with E-state index in [1.165, 1.54) is 0 Å². The second-order valence-corrected chi connectivity index (χ2v) is 4.84. The molecule has 17 heavy (non-hydrogen) atoms. The Bertz CT molecular complexity index is 302. The fraction of sp³-hybridized carbons (Fsp3) is 0.846. The number of hydrogen-bond acceptors (Lipinski definition) is 3. The molecule has 1 aliphatic rings. The van der Waals surface area contributed by atoms with Crippen LogP contribution >= 0.6 is 0 Å². The van der Waals surface area contributed by atoms with Crippen LogP contribution in [0, 0.1) is 17.2 Å². The smallest absolute Gasteiger partial charge is 0.242 e. The third kappa shape index (κ3) is 2.98. The van der Waals surface area contributed by atoms with E-state index in [2.05, 4.69) is 18.3 Å². The van der Waals surface area contributed by atoms with Gasteiger partial charge < -0.3 is 10.2 Å². The Labute approximate surface area is 104 Å². The van der Waals surface area contributed by atoms with E-state index in [0.29, 0.717) is 13.1 Å². The van der Waals surface area contributed by atoms with Crippen molar-refractivity contribution < 1.29 is 4.79 Å². The molecule has 0 aromatic carbocycles.